The van der Waals surface area contributed by atoms with E-state index >= 15 is 0 Å². The van der Waals surface area contributed by atoms with Gasteiger partial charge in [0.15, 0.2) is 0 Å². The van der Waals surface area contributed by atoms with Crippen molar-refractivity contribution in [2.24, 2.45) is 0 Å². The number of carbonyl (C=O) groups is 2. The first-order chi connectivity index (χ1) is 9.90. The average molecular weight is 291 g/mol. The van der Waals surface area contributed by atoms with E-state index in [1.54, 1.807) is 18.9 Å². The van der Waals surface area contributed by atoms with Gasteiger partial charge in [-0.05, 0) is 38.5 Å². The van der Waals surface area contributed by atoms with E-state index in [-0.39, 0.29) is 17.1 Å². The number of carbonyl (C=O) groups excluding carboxylic acids is 1. The van der Waals surface area contributed by atoms with Gasteiger partial charge in [-0.1, -0.05) is 12.1 Å². The van der Waals surface area contributed by atoms with Crippen molar-refractivity contribution in [3.05, 3.63) is 41.0 Å². The number of carboxylic acid groups (broad SMARTS) is 1. The van der Waals surface area contributed by atoms with Crippen LogP contribution < -0.4 is 4.74 Å². The Morgan fingerprint density at radius 1 is 1.14 bits per heavy atom. The number of hydrogen-bond donors (Lipinski definition) is 1. The van der Waals surface area contributed by atoms with Crippen LogP contribution in [0, 0.1) is 0 Å². The molecule has 0 saturated carbocycles. The zero-order valence-corrected chi connectivity index (χ0v) is 12.8. The fourth-order valence-corrected chi connectivity index (χ4v) is 1.84. The van der Waals surface area contributed by atoms with Crippen LogP contribution in [0.4, 0.5) is 0 Å². The van der Waals surface area contributed by atoms with Crippen LogP contribution in [0.25, 0.3) is 0 Å². The van der Waals surface area contributed by atoms with Gasteiger partial charge >= 0.3 is 5.97 Å². The molecule has 0 aromatic heterocycles. The molecule has 0 heterocycles. The number of amides is 1. The smallest absolute Gasteiger partial charge is 0.331 e. The molecule has 5 nitrogen and oxygen atoms in total. The second-order valence-electron chi connectivity index (χ2n) is 4.72. The van der Waals surface area contributed by atoms with Crippen LogP contribution >= 0.6 is 0 Å². The topological polar surface area (TPSA) is 66.8 Å². The number of nitrogens with zero attached hydrogens (tertiary/aromatic N) is 1. The van der Waals surface area contributed by atoms with Crippen molar-refractivity contribution in [1.82, 2.24) is 4.90 Å². The Kier molecular flexibility index (Phi) is 5.96. The molecule has 1 amide bonds. The van der Waals surface area contributed by atoms with Crippen molar-refractivity contribution in [2.45, 2.75) is 27.3 Å². The van der Waals surface area contributed by atoms with Gasteiger partial charge in [-0.15, -0.1) is 0 Å². The number of likely N-dealkylation sites (N-methyl/N-ethyl adjacent to an activating group) is 1. The molecule has 5 heteroatoms. The van der Waals surface area contributed by atoms with Gasteiger partial charge in [-0.25, -0.2) is 4.79 Å². The second-order valence-corrected chi connectivity index (χ2v) is 4.72. The molecule has 0 fully saturated rings. The molecule has 0 spiro atoms. The summed E-state index contributed by atoms with van der Waals surface area (Å²) < 4.78 is 5.09. The van der Waals surface area contributed by atoms with E-state index in [0.717, 1.165) is 11.3 Å². The summed E-state index contributed by atoms with van der Waals surface area (Å²) in [6, 6.07) is 7.44. The Labute approximate surface area is 124 Å². The summed E-state index contributed by atoms with van der Waals surface area (Å²) >= 11 is 0. The normalized spacial score (nSPS) is 11.6. The van der Waals surface area contributed by atoms with E-state index in [1.807, 2.05) is 31.2 Å². The molecule has 0 saturated heterocycles. The molecule has 0 bridgehead atoms. The maximum Gasteiger partial charge on any atom is 0.331 e. The standard InChI is InChI=1S/C16H21NO4/c1-5-17(15(18)11(2)12(3)16(19)20)10-13-6-8-14(21-4)9-7-13/h6-9H,5,10H2,1-4H3,(H,19,20). The summed E-state index contributed by atoms with van der Waals surface area (Å²) in [4.78, 5) is 24.9. The molecule has 1 aromatic carbocycles. The summed E-state index contributed by atoms with van der Waals surface area (Å²) in [5, 5.41) is 8.96. The fourth-order valence-electron chi connectivity index (χ4n) is 1.84. The predicted molar refractivity (Wildman–Crippen MR) is 80.1 cm³/mol. The lowest BCUT2D eigenvalue weighted by atomic mass is 10.1. The molecule has 0 atom stereocenters. The number of carboxylic acids is 1. The molecular weight excluding hydrogens is 270 g/mol. The Bertz CT molecular complexity index is 546. The van der Waals surface area contributed by atoms with Gasteiger partial charge in [0.25, 0.3) is 0 Å². The van der Waals surface area contributed by atoms with Crippen molar-refractivity contribution < 1.29 is 19.4 Å². The van der Waals surface area contributed by atoms with Crippen molar-refractivity contribution >= 4 is 11.9 Å². The summed E-state index contributed by atoms with van der Waals surface area (Å²) in [6.45, 7) is 5.79. The number of hydrogen-bond acceptors (Lipinski definition) is 3. The molecular formula is C16H21NO4. The molecule has 1 rings (SSSR count). The number of rotatable bonds is 6. The highest BCUT2D eigenvalue weighted by Crippen LogP contribution is 2.15. The maximum atomic E-state index is 12.3. The predicted octanol–water partition coefficient (Wildman–Crippen LogP) is 2.46. The lowest BCUT2D eigenvalue weighted by Crippen LogP contribution is -2.31. The van der Waals surface area contributed by atoms with Gasteiger partial charge in [0.1, 0.15) is 5.75 Å². The van der Waals surface area contributed by atoms with Crippen LogP contribution in [0.1, 0.15) is 26.3 Å². The zero-order chi connectivity index (χ0) is 16.0. The minimum absolute atomic E-state index is 0.0770. The van der Waals surface area contributed by atoms with E-state index in [0.29, 0.717) is 13.1 Å². The van der Waals surface area contributed by atoms with E-state index in [1.165, 1.54) is 6.92 Å². The van der Waals surface area contributed by atoms with Crippen molar-refractivity contribution in [3.63, 3.8) is 0 Å². The van der Waals surface area contributed by atoms with E-state index in [2.05, 4.69) is 0 Å². The van der Waals surface area contributed by atoms with Gasteiger partial charge < -0.3 is 14.7 Å². The first-order valence-electron chi connectivity index (χ1n) is 6.73. The highest BCUT2D eigenvalue weighted by atomic mass is 16.5. The average Bonchev–Trinajstić information content (AvgIpc) is 2.50. The molecule has 1 aromatic rings. The van der Waals surface area contributed by atoms with E-state index < -0.39 is 5.97 Å². The molecule has 0 aliphatic rings. The number of methoxy groups -OCH3 is 1. The first kappa shape index (κ1) is 16.8. The molecule has 0 aliphatic carbocycles. The number of benzene rings is 1. The number of aliphatic carboxylic acids is 1. The Morgan fingerprint density at radius 3 is 2.14 bits per heavy atom. The van der Waals surface area contributed by atoms with Crippen LogP contribution in [0.5, 0.6) is 5.75 Å². The van der Waals surface area contributed by atoms with Gasteiger partial charge in [0.2, 0.25) is 5.91 Å². The summed E-state index contributed by atoms with van der Waals surface area (Å²) in [5.74, 6) is -0.569. The van der Waals surface area contributed by atoms with Crippen LogP contribution in [-0.2, 0) is 16.1 Å². The summed E-state index contributed by atoms with van der Waals surface area (Å²) in [5.41, 5.74) is 1.30. The largest absolute Gasteiger partial charge is 0.497 e. The fraction of sp³-hybridized carbons (Fsp3) is 0.375. The number of ether oxygens (including phenoxy) is 1. The monoisotopic (exact) mass is 291 g/mol. The second kappa shape index (κ2) is 7.47. The van der Waals surface area contributed by atoms with Crippen molar-refractivity contribution in [3.8, 4) is 5.75 Å². The molecule has 0 radical (unpaired) electrons. The van der Waals surface area contributed by atoms with Gasteiger partial charge in [0.05, 0.1) is 7.11 Å². The van der Waals surface area contributed by atoms with E-state index in [9.17, 15) is 9.59 Å². The van der Waals surface area contributed by atoms with Crippen LogP contribution in [-0.4, -0.2) is 35.5 Å². The Balaban J connectivity index is 2.89. The van der Waals surface area contributed by atoms with Crippen LogP contribution in [0.3, 0.4) is 0 Å². The van der Waals surface area contributed by atoms with Crippen LogP contribution in [0.2, 0.25) is 0 Å². The Morgan fingerprint density at radius 2 is 1.71 bits per heavy atom. The highest BCUT2D eigenvalue weighted by molar-refractivity contribution is 6.01. The van der Waals surface area contributed by atoms with Gasteiger partial charge in [0, 0.05) is 24.2 Å². The molecule has 1 N–H and O–H groups in total. The third-order valence-electron chi connectivity index (χ3n) is 3.41. The van der Waals surface area contributed by atoms with Crippen LogP contribution in [0.15, 0.2) is 35.4 Å². The minimum Gasteiger partial charge on any atom is -0.497 e. The van der Waals surface area contributed by atoms with Gasteiger partial charge in [-0.3, -0.25) is 4.79 Å². The van der Waals surface area contributed by atoms with Crippen molar-refractivity contribution in [1.29, 1.82) is 0 Å². The SMILES string of the molecule is CCN(Cc1ccc(OC)cc1)C(=O)C(C)=C(C)C(=O)O. The van der Waals surface area contributed by atoms with E-state index in [4.69, 9.17) is 9.84 Å². The Hall–Kier alpha value is -2.30. The molecule has 0 unspecified atom stereocenters. The van der Waals surface area contributed by atoms with Gasteiger partial charge in [-0.2, -0.15) is 0 Å². The molecule has 114 valence electrons. The summed E-state index contributed by atoms with van der Waals surface area (Å²) in [6.07, 6.45) is 0. The zero-order valence-electron chi connectivity index (χ0n) is 12.8. The highest BCUT2D eigenvalue weighted by Gasteiger charge is 2.18. The molecule has 0 aliphatic heterocycles. The third-order valence-corrected chi connectivity index (χ3v) is 3.41. The first-order valence-corrected chi connectivity index (χ1v) is 6.73. The third kappa shape index (κ3) is 4.34. The maximum absolute atomic E-state index is 12.3. The lowest BCUT2D eigenvalue weighted by Gasteiger charge is -2.22. The summed E-state index contributed by atoms with van der Waals surface area (Å²) in [7, 11) is 1.60. The lowest BCUT2D eigenvalue weighted by molar-refractivity contribution is -0.134. The van der Waals surface area contributed by atoms with Crippen molar-refractivity contribution in [2.75, 3.05) is 13.7 Å². The molecule has 21 heavy (non-hydrogen) atoms. The minimum atomic E-state index is -1.07. The quantitative estimate of drug-likeness (QED) is 0.818.